The van der Waals surface area contributed by atoms with Crippen molar-refractivity contribution >= 4 is 22.4 Å². The monoisotopic (exact) mass is 438 g/mol. The average Bonchev–Trinajstić information content (AvgIpc) is 3.50. The van der Waals surface area contributed by atoms with E-state index < -0.39 is 0 Å². The summed E-state index contributed by atoms with van der Waals surface area (Å²) in [5.74, 6) is 1.96. The van der Waals surface area contributed by atoms with Crippen LogP contribution in [0.15, 0.2) is 47.8 Å². The van der Waals surface area contributed by atoms with E-state index in [0.29, 0.717) is 36.3 Å². The van der Waals surface area contributed by atoms with E-state index >= 15 is 0 Å². The van der Waals surface area contributed by atoms with Gasteiger partial charge in [-0.25, -0.2) is 4.98 Å². The summed E-state index contributed by atoms with van der Waals surface area (Å²) in [6.45, 7) is 2.43. The third-order valence-corrected chi connectivity index (χ3v) is 5.90. The molecule has 0 saturated carbocycles. The lowest BCUT2D eigenvalue weighted by Gasteiger charge is -2.18. The zero-order valence-electron chi connectivity index (χ0n) is 16.8. The molecular formula is C23H22N2O5S. The van der Waals surface area contributed by atoms with Crippen molar-refractivity contribution < 1.29 is 23.7 Å². The first-order valence-corrected chi connectivity index (χ1v) is 11.1. The number of benzene rings is 2. The van der Waals surface area contributed by atoms with Gasteiger partial charge in [-0.2, -0.15) is 0 Å². The summed E-state index contributed by atoms with van der Waals surface area (Å²) in [6.07, 6.45) is 2.28. The van der Waals surface area contributed by atoms with Crippen molar-refractivity contribution in [1.29, 1.82) is 0 Å². The van der Waals surface area contributed by atoms with E-state index in [-0.39, 0.29) is 12.0 Å². The summed E-state index contributed by atoms with van der Waals surface area (Å²) in [5, 5.41) is 5.30. The van der Waals surface area contributed by atoms with Crippen LogP contribution in [0.5, 0.6) is 17.2 Å². The highest BCUT2D eigenvalue weighted by Crippen LogP contribution is 2.35. The van der Waals surface area contributed by atoms with Crippen LogP contribution in [-0.2, 0) is 4.74 Å². The molecule has 160 valence electrons. The predicted molar refractivity (Wildman–Crippen MR) is 117 cm³/mol. The van der Waals surface area contributed by atoms with Crippen molar-refractivity contribution in [3.05, 3.63) is 53.4 Å². The van der Waals surface area contributed by atoms with E-state index in [4.69, 9.17) is 18.9 Å². The van der Waals surface area contributed by atoms with Gasteiger partial charge in [-0.15, -0.1) is 11.3 Å². The molecule has 0 unspecified atom stereocenters. The van der Waals surface area contributed by atoms with Crippen molar-refractivity contribution in [2.24, 2.45) is 0 Å². The van der Waals surface area contributed by atoms with Crippen LogP contribution >= 0.6 is 11.3 Å². The van der Waals surface area contributed by atoms with Gasteiger partial charge in [-0.05, 0) is 55.3 Å². The number of nitrogens with zero attached hydrogens (tertiary/aromatic N) is 1. The third-order valence-electron chi connectivity index (χ3n) is 5.14. The molecule has 2 aliphatic rings. The van der Waals surface area contributed by atoms with Crippen LogP contribution in [0, 0.1) is 0 Å². The van der Waals surface area contributed by atoms with Gasteiger partial charge in [-0.3, -0.25) is 10.1 Å². The largest absolute Gasteiger partial charge is 0.491 e. The molecule has 3 aromatic rings. The molecule has 0 spiro atoms. The number of fused-ring (bicyclic) bond motifs is 1. The number of carbonyl (C=O) groups excluding carboxylic acids is 1. The molecule has 7 nitrogen and oxygen atoms in total. The highest BCUT2D eigenvalue weighted by Gasteiger charge is 2.17. The van der Waals surface area contributed by atoms with Gasteiger partial charge in [0, 0.05) is 23.1 Å². The van der Waals surface area contributed by atoms with E-state index in [1.165, 1.54) is 11.3 Å². The SMILES string of the molecule is O=C(Nc1nc(-c2ccc3c(c2)OCCO3)cs1)c1ccc(OC[C@H]2CCCO2)cc1. The molecule has 3 heterocycles. The summed E-state index contributed by atoms with van der Waals surface area (Å²) in [6, 6.07) is 12.8. The number of ether oxygens (including phenoxy) is 4. The molecule has 2 aliphatic heterocycles. The molecule has 1 saturated heterocycles. The van der Waals surface area contributed by atoms with Gasteiger partial charge >= 0.3 is 0 Å². The highest BCUT2D eigenvalue weighted by atomic mass is 32.1. The fraction of sp³-hybridized carbons (Fsp3) is 0.304. The average molecular weight is 439 g/mol. The number of anilines is 1. The maximum atomic E-state index is 12.6. The van der Waals surface area contributed by atoms with E-state index in [0.717, 1.165) is 42.2 Å². The minimum atomic E-state index is -0.214. The van der Waals surface area contributed by atoms with E-state index in [1.54, 1.807) is 24.3 Å². The molecule has 0 bridgehead atoms. The van der Waals surface area contributed by atoms with Crippen molar-refractivity contribution in [1.82, 2.24) is 4.98 Å². The van der Waals surface area contributed by atoms with Crippen LogP contribution in [0.2, 0.25) is 0 Å². The quantitative estimate of drug-likeness (QED) is 0.615. The molecule has 5 rings (SSSR count). The molecule has 1 amide bonds. The summed E-state index contributed by atoms with van der Waals surface area (Å²) >= 11 is 1.38. The molecule has 2 aromatic carbocycles. The Bertz CT molecular complexity index is 1060. The summed E-state index contributed by atoms with van der Waals surface area (Å²) in [4.78, 5) is 17.1. The smallest absolute Gasteiger partial charge is 0.257 e. The fourth-order valence-electron chi connectivity index (χ4n) is 3.50. The van der Waals surface area contributed by atoms with Gasteiger partial charge in [0.15, 0.2) is 16.6 Å². The topological polar surface area (TPSA) is 78.9 Å². The number of carbonyl (C=O) groups is 1. The number of rotatable bonds is 6. The molecular weight excluding hydrogens is 416 g/mol. The molecule has 0 radical (unpaired) electrons. The number of amides is 1. The van der Waals surface area contributed by atoms with Crippen LogP contribution in [0.4, 0.5) is 5.13 Å². The van der Waals surface area contributed by atoms with Gasteiger partial charge in [0.05, 0.1) is 11.8 Å². The van der Waals surface area contributed by atoms with Gasteiger partial charge < -0.3 is 18.9 Å². The van der Waals surface area contributed by atoms with Crippen LogP contribution < -0.4 is 19.5 Å². The maximum absolute atomic E-state index is 12.6. The molecule has 8 heteroatoms. The lowest BCUT2D eigenvalue weighted by atomic mass is 10.1. The molecule has 1 fully saturated rings. The number of thiazole rings is 1. The fourth-order valence-corrected chi connectivity index (χ4v) is 4.22. The summed E-state index contributed by atoms with van der Waals surface area (Å²) in [5.41, 5.74) is 2.23. The first-order valence-electron chi connectivity index (χ1n) is 10.3. The minimum Gasteiger partial charge on any atom is -0.491 e. The van der Waals surface area contributed by atoms with Crippen molar-refractivity contribution in [2.75, 3.05) is 31.7 Å². The maximum Gasteiger partial charge on any atom is 0.257 e. The molecule has 0 aliphatic carbocycles. The lowest BCUT2D eigenvalue weighted by molar-refractivity contribution is 0.0679. The van der Waals surface area contributed by atoms with Gasteiger partial charge in [0.25, 0.3) is 5.91 Å². The Morgan fingerprint density at radius 2 is 1.94 bits per heavy atom. The number of aromatic nitrogens is 1. The second-order valence-electron chi connectivity index (χ2n) is 7.32. The number of hydrogen-bond donors (Lipinski definition) is 1. The first-order chi connectivity index (χ1) is 15.2. The molecule has 1 aromatic heterocycles. The standard InChI is InChI=1S/C23H22N2O5S/c26-22(15-3-6-17(7-4-15)30-13-18-2-1-9-27-18)25-23-24-19(14-31-23)16-5-8-20-21(12-16)29-11-10-28-20/h3-8,12,14,18H,1-2,9-11,13H2,(H,24,25,26)/t18-/m1/s1. The van der Waals surface area contributed by atoms with Crippen LogP contribution in [0.1, 0.15) is 23.2 Å². The third kappa shape index (κ3) is 4.65. The molecule has 31 heavy (non-hydrogen) atoms. The van der Waals surface area contributed by atoms with Gasteiger partial charge in [-0.1, -0.05) is 0 Å². The Kier molecular flexibility index (Phi) is 5.73. The van der Waals surface area contributed by atoms with Crippen LogP contribution in [-0.4, -0.2) is 43.4 Å². The molecule has 1 N–H and O–H groups in total. The van der Waals surface area contributed by atoms with E-state index in [1.807, 2.05) is 23.6 Å². The first kappa shape index (κ1) is 19.8. The highest BCUT2D eigenvalue weighted by molar-refractivity contribution is 7.14. The minimum absolute atomic E-state index is 0.163. The van der Waals surface area contributed by atoms with E-state index in [9.17, 15) is 4.79 Å². The molecule has 1 atom stereocenters. The zero-order valence-corrected chi connectivity index (χ0v) is 17.7. The number of hydrogen-bond acceptors (Lipinski definition) is 7. The Morgan fingerprint density at radius 1 is 1.10 bits per heavy atom. The summed E-state index contributed by atoms with van der Waals surface area (Å²) in [7, 11) is 0. The van der Waals surface area contributed by atoms with Crippen LogP contribution in [0.25, 0.3) is 11.3 Å². The van der Waals surface area contributed by atoms with Crippen molar-refractivity contribution in [3.63, 3.8) is 0 Å². The predicted octanol–water partition coefficient (Wildman–Crippen LogP) is 4.39. The lowest BCUT2D eigenvalue weighted by Crippen LogP contribution is -2.16. The summed E-state index contributed by atoms with van der Waals surface area (Å²) < 4.78 is 22.5. The van der Waals surface area contributed by atoms with Crippen LogP contribution in [0.3, 0.4) is 0 Å². The van der Waals surface area contributed by atoms with Crippen molar-refractivity contribution in [3.8, 4) is 28.5 Å². The Balaban J connectivity index is 1.20. The van der Waals surface area contributed by atoms with Crippen molar-refractivity contribution in [2.45, 2.75) is 18.9 Å². The normalized spacial score (nSPS) is 17.4. The second-order valence-corrected chi connectivity index (χ2v) is 8.18. The van der Waals surface area contributed by atoms with Gasteiger partial charge in [0.1, 0.15) is 25.6 Å². The Hall–Kier alpha value is -3.10. The Labute approximate surface area is 183 Å². The zero-order chi connectivity index (χ0) is 21.0. The van der Waals surface area contributed by atoms with E-state index in [2.05, 4.69) is 10.3 Å². The Morgan fingerprint density at radius 3 is 2.74 bits per heavy atom. The van der Waals surface area contributed by atoms with Gasteiger partial charge in [0.2, 0.25) is 0 Å². The number of nitrogens with one attached hydrogen (secondary N) is 1. The second kappa shape index (κ2) is 8.95.